The standard InChI is InChI=1S/C12H11FN2O2S/c1-15(2)12(17)9-6-18-11(14-9)7-3-4-10(16)8(13)5-7/h3-6,16H,1-2H3. The van der Waals surface area contributed by atoms with Crippen molar-refractivity contribution in [3.8, 4) is 16.3 Å². The third kappa shape index (κ3) is 2.33. The maximum Gasteiger partial charge on any atom is 0.272 e. The molecular weight excluding hydrogens is 255 g/mol. The number of carbonyl (C=O) groups excluding carboxylic acids is 1. The Bertz CT molecular complexity index is 596. The van der Waals surface area contributed by atoms with E-state index in [-0.39, 0.29) is 5.91 Å². The summed E-state index contributed by atoms with van der Waals surface area (Å²) < 4.78 is 13.2. The van der Waals surface area contributed by atoms with E-state index in [2.05, 4.69) is 4.98 Å². The molecule has 1 N–H and O–H groups in total. The quantitative estimate of drug-likeness (QED) is 0.907. The molecule has 0 saturated carbocycles. The van der Waals surface area contributed by atoms with Crippen LogP contribution in [-0.4, -0.2) is 35.0 Å². The zero-order valence-corrected chi connectivity index (χ0v) is 10.7. The van der Waals surface area contributed by atoms with E-state index in [4.69, 9.17) is 5.11 Å². The van der Waals surface area contributed by atoms with Crippen molar-refractivity contribution in [3.63, 3.8) is 0 Å². The lowest BCUT2D eigenvalue weighted by Crippen LogP contribution is -2.21. The first-order chi connectivity index (χ1) is 8.49. The fourth-order valence-corrected chi connectivity index (χ4v) is 2.16. The largest absolute Gasteiger partial charge is 0.505 e. The van der Waals surface area contributed by atoms with Crippen LogP contribution in [0.25, 0.3) is 10.6 Å². The van der Waals surface area contributed by atoms with Gasteiger partial charge in [0.15, 0.2) is 11.6 Å². The minimum absolute atomic E-state index is 0.197. The van der Waals surface area contributed by atoms with E-state index < -0.39 is 11.6 Å². The summed E-state index contributed by atoms with van der Waals surface area (Å²) in [6, 6.07) is 4.01. The van der Waals surface area contributed by atoms with Crippen LogP contribution in [0.2, 0.25) is 0 Å². The molecule has 0 unspecified atom stereocenters. The second-order valence-electron chi connectivity index (χ2n) is 3.90. The van der Waals surface area contributed by atoms with E-state index in [0.717, 1.165) is 0 Å². The molecule has 1 aromatic carbocycles. The molecule has 0 spiro atoms. The summed E-state index contributed by atoms with van der Waals surface area (Å²) in [5.74, 6) is -1.31. The number of aromatic hydroxyl groups is 1. The molecule has 94 valence electrons. The average Bonchev–Trinajstić information content (AvgIpc) is 2.81. The van der Waals surface area contributed by atoms with Gasteiger partial charge in [-0.3, -0.25) is 4.79 Å². The molecule has 1 heterocycles. The van der Waals surface area contributed by atoms with Gasteiger partial charge in [-0.15, -0.1) is 11.3 Å². The lowest BCUT2D eigenvalue weighted by atomic mass is 10.2. The number of phenols is 1. The Kier molecular flexibility index (Phi) is 3.29. The van der Waals surface area contributed by atoms with Crippen molar-refractivity contribution in [2.45, 2.75) is 0 Å². The number of carbonyl (C=O) groups is 1. The fourth-order valence-electron chi connectivity index (χ4n) is 1.37. The molecule has 0 saturated heterocycles. The number of rotatable bonds is 2. The average molecular weight is 266 g/mol. The zero-order valence-electron chi connectivity index (χ0n) is 9.85. The number of hydrogen-bond acceptors (Lipinski definition) is 4. The van der Waals surface area contributed by atoms with Crippen molar-refractivity contribution < 1.29 is 14.3 Å². The Morgan fingerprint density at radius 1 is 1.44 bits per heavy atom. The third-order valence-electron chi connectivity index (χ3n) is 2.32. The second-order valence-corrected chi connectivity index (χ2v) is 4.76. The number of aromatic nitrogens is 1. The fraction of sp³-hybridized carbons (Fsp3) is 0.167. The number of nitrogens with zero attached hydrogens (tertiary/aromatic N) is 2. The summed E-state index contributed by atoms with van der Waals surface area (Å²) >= 11 is 1.26. The number of benzene rings is 1. The van der Waals surface area contributed by atoms with Crippen LogP contribution in [0, 0.1) is 5.82 Å². The number of thiazole rings is 1. The molecule has 18 heavy (non-hydrogen) atoms. The van der Waals surface area contributed by atoms with Gasteiger partial charge in [0.25, 0.3) is 5.91 Å². The first-order valence-corrected chi connectivity index (χ1v) is 6.03. The van der Waals surface area contributed by atoms with Gasteiger partial charge in [0.1, 0.15) is 10.7 Å². The van der Waals surface area contributed by atoms with Crippen LogP contribution in [0.1, 0.15) is 10.5 Å². The summed E-state index contributed by atoms with van der Waals surface area (Å²) in [5.41, 5.74) is 0.863. The number of amides is 1. The van der Waals surface area contributed by atoms with E-state index in [9.17, 15) is 9.18 Å². The number of phenolic OH excluding ortho intramolecular Hbond substituents is 1. The van der Waals surface area contributed by atoms with Crippen LogP contribution < -0.4 is 0 Å². The first kappa shape index (κ1) is 12.5. The van der Waals surface area contributed by atoms with Crippen molar-refractivity contribution in [2.24, 2.45) is 0 Å². The molecule has 2 aromatic rings. The van der Waals surface area contributed by atoms with Crippen LogP contribution >= 0.6 is 11.3 Å². The van der Waals surface area contributed by atoms with E-state index in [0.29, 0.717) is 16.3 Å². The molecule has 4 nitrogen and oxygen atoms in total. The molecule has 0 aliphatic heterocycles. The second kappa shape index (κ2) is 4.73. The predicted molar refractivity (Wildman–Crippen MR) is 67.2 cm³/mol. The molecule has 0 radical (unpaired) electrons. The lowest BCUT2D eigenvalue weighted by molar-refractivity contribution is 0.0823. The zero-order chi connectivity index (χ0) is 13.3. The van der Waals surface area contributed by atoms with Crippen LogP contribution in [0.3, 0.4) is 0 Å². The van der Waals surface area contributed by atoms with Gasteiger partial charge in [0.05, 0.1) is 0 Å². The highest BCUT2D eigenvalue weighted by atomic mass is 32.1. The first-order valence-electron chi connectivity index (χ1n) is 5.15. The van der Waals surface area contributed by atoms with E-state index in [1.807, 2.05) is 0 Å². The summed E-state index contributed by atoms with van der Waals surface area (Å²) in [6.07, 6.45) is 0. The highest BCUT2D eigenvalue weighted by Gasteiger charge is 2.14. The predicted octanol–water partition coefficient (Wildman–Crippen LogP) is 2.36. The molecular formula is C12H11FN2O2S. The van der Waals surface area contributed by atoms with Crippen molar-refractivity contribution in [2.75, 3.05) is 14.1 Å². The molecule has 0 atom stereocenters. The topological polar surface area (TPSA) is 53.4 Å². The van der Waals surface area contributed by atoms with Gasteiger partial charge in [0.2, 0.25) is 0 Å². The van der Waals surface area contributed by atoms with Crippen molar-refractivity contribution >= 4 is 17.2 Å². The Labute approximate surface area is 107 Å². The number of hydrogen-bond donors (Lipinski definition) is 1. The third-order valence-corrected chi connectivity index (χ3v) is 3.22. The molecule has 2 rings (SSSR count). The summed E-state index contributed by atoms with van der Waals surface area (Å²) in [4.78, 5) is 17.2. The van der Waals surface area contributed by atoms with Gasteiger partial charge in [-0.05, 0) is 18.2 Å². The molecule has 0 bridgehead atoms. The van der Waals surface area contributed by atoms with Gasteiger partial charge >= 0.3 is 0 Å². The van der Waals surface area contributed by atoms with Crippen molar-refractivity contribution in [1.82, 2.24) is 9.88 Å². The Hall–Kier alpha value is -1.95. The summed E-state index contributed by atoms with van der Waals surface area (Å²) in [6.45, 7) is 0. The Morgan fingerprint density at radius 2 is 2.17 bits per heavy atom. The molecule has 6 heteroatoms. The summed E-state index contributed by atoms with van der Waals surface area (Å²) in [5, 5.41) is 11.3. The minimum atomic E-state index is -0.705. The maximum atomic E-state index is 13.2. The smallest absolute Gasteiger partial charge is 0.272 e. The molecule has 0 aliphatic rings. The highest BCUT2D eigenvalue weighted by Crippen LogP contribution is 2.27. The lowest BCUT2D eigenvalue weighted by Gasteiger charge is -2.06. The van der Waals surface area contributed by atoms with Gasteiger partial charge in [0, 0.05) is 25.0 Å². The van der Waals surface area contributed by atoms with E-state index in [1.165, 1.54) is 28.4 Å². The monoisotopic (exact) mass is 266 g/mol. The Morgan fingerprint density at radius 3 is 2.78 bits per heavy atom. The number of halogens is 1. The van der Waals surface area contributed by atoms with Crippen LogP contribution in [0.5, 0.6) is 5.75 Å². The molecule has 1 amide bonds. The Balaban J connectivity index is 2.35. The molecule has 1 aromatic heterocycles. The van der Waals surface area contributed by atoms with E-state index in [1.54, 1.807) is 25.5 Å². The normalized spacial score (nSPS) is 10.4. The van der Waals surface area contributed by atoms with Crippen molar-refractivity contribution in [3.05, 3.63) is 35.1 Å². The van der Waals surface area contributed by atoms with Gasteiger partial charge in [-0.1, -0.05) is 0 Å². The van der Waals surface area contributed by atoms with Crippen LogP contribution in [-0.2, 0) is 0 Å². The highest BCUT2D eigenvalue weighted by molar-refractivity contribution is 7.13. The van der Waals surface area contributed by atoms with Crippen LogP contribution in [0.15, 0.2) is 23.6 Å². The van der Waals surface area contributed by atoms with Crippen LogP contribution in [0.4, 0.5) is 4.39 Å². The van der Waals surface area contributed by atoms with Gasteiger partial charge in [-0.2, -0.15) is 0 Å². The summed E-state index contributed by atoms with van der Waals surface area (Å²) in [7, 11) is 3.28. The van der Waals surface area contributed by atoms with Gasteiger partial charge in [-0.25, -0.2) is 9.37 Å². The van der Waals surface area contributed by atoms with E-state index >= 15 is 0 Å². The SMILES string of the molecule is CN(C)C(=O)c1csc(-c2ccc(O)c(F)c2)n1. The van der Waals surface area contributed by atoms with Gasteiger partial charge < -0.3 is 10.0 Å². The maximum absolute atomic E-state index is 13.2. The van der Waals surface area contributed by atoms with Crippen molar-refractivity contribution in [1.29, 1.82) is 0 Å². The minimum Gasteiger partial charge on any atom is -0.505 e. The molecule has 0 fully saturated rings. The molecule has 0 aliphatic carbocycles.